The minimum absolute atomic E-state index is 0.0167. The quantitative estimate of drug-likeness (QED) is 0.476. The molecular formula is C22H44N2O7Si2. The summed E-state index contributed by atoms with van der Waals surface area (Å²) in [6.07, 6.45) is -3.13. The van der Waals surface area contributed by atoms with E-state index in [1.54, 1.807) is 0 Å². The first-order valence-corrected chi connectivity index (χ1v) is 17.4. The van der Waals surface area contributed by atoms with Crippen molar-refractivity contribution in [3.05, 3.63) is 0 Å². The van der Waals surface area contributed by atoms with E-state index in [-0.39, 0.29) is 16.2 Å². The Bertz CT molecular complexity index is 759. The number of carbonyl (C=O) groups is 2. The molecule has 2 heterocycles. The second kappa shape index (κ2) is 8.99. The first kappa shape index (κ1) is 28.4. The zero-order chi connectivity index (χ0) is 25.8. The SMILES string of the molecule is CC(C)(C)[Si](C)(C)OC[C@H]1O[C@@H](N2C(=O)NC(=O)[C@@](C)(O)[C@@H]2O)C[C@@H]1O[Si](C)(C)C(C)(C)C. The van der Waals surface area contributed by atoms with Gasteiger partial charge in [-0.2, -0.15) is 0 Å². The summed E-state index contributed by atoms with van der Waals surface area (Å²) >= 11 is 0. The highest BCUT2D eigenvalue weighted by Gasteiger charge is 2.55. The molecule has 0 saturated carbocycles. The fourth-order valence-corrected chi connectivity index (χ4v) is 5.66. The van der Waals surface area contributed by atoms with E-state index in [1.807, 2.05) is 0 Å². The van der Waals surface area contributed by atoms with E-state index in [9.17, 15) is 19.8 Å². The molecule has 0 aromatic heterocycles. The van der Waals surface area contributed by atoms with Crippen LogP contribution in [0.1, 0.15) is 54.9 Å². The van der Waals surface area contributed by atoms with Crippen molar-refractivity contribution in [1.29, 1.82) is 0 Å². The summed E-state index contributed by atoms with van der Waals surface area (Å²) in [5.41, 5.74) is -2.15. The Hall–Kier alpha value is -0.826. The summed E-state index contributed by atoms with van der Waals surface area (Å²) in [5, 5.41) is 23.2. The number of amides is 3. The van der Waals surface area contributed by atoms with Crippen LogP contribution in [0.2, 0.25) is 36.3 Å². The maximum Gasteiger partial charge on any atom is 0.328 e. The molecule has 9 nitrogen and oxygen atoms in total. The van der Waals surface area contributed by atoms with Gasteiger partial charge in [-0.05, 0) is 43.2 Å². The maximum atomic E-state index is 12.6. The van der Waals surface area contributed by atoms with Crippen LogP contribution in [0.25, 0.3) is 0 Å². The topological polar surface area (TPSA) is 118 Å². The Morgan fingerprint density at radius 2 is 1.61 bits per heavy atom. The lowest BCUT2D eigenvalue weighted by molar-refractivity contribution is -0.193. The van der Waals surface area contributed by atoms with Crippen molar-refractivity contribution in [2.75, 3.05) is 6.61 Å². The molecule has 3 amide bonds. The molecule has 33 heavy (non-hydrogen) atoms. The smallest absolute Gasteiger partial charge is 0.328 e. The second-order valence-electron chi connectivity index (χ2n) is 12.5. The molecule has 0 aromatic carbocycles. The van der Waals surface area contributed by atoms with Gasteiger partial charge in [0.05, 0.1) is 12.7 Å². The third-order valence-electron chi connectivity index (χ3n) is 7.84. The van der Waals surface area contributed by atoms with Gasteiger partial charge in [-0.25, -0.2) is 4.79 Å². The van der Waals surface area contributed by atoms with Gasteiger partial charge in [0.15, 0.2) is 28.5 Å². The van der Waals surface area contributed by atoms with Crippen LogP contribution in [0.15, 0.2) is 0 Å². The van der Waals surface area contributed by atoms with Crippen molar-refractivity contribution in [3.63, 3.8) is 0 Å². The number of nitrogens with one attached hydrogen (secondary N) is 1. The third kappa shape index (κ3) is 5.71. The molecule has 0 spiro atoms. The Labute approximate surface area is 200 Å². The molecular weight excluding hydrogens is 460 g/mol. The highest BCUT2D eigenvalue weighted by atomic mass is 28.4. The van der Waals surface area contributed by atoms with E-state index >= 15 is 0 Å². The molecule has 0 aromatic rings. The molecule has 2 rings (SSSR count). The molecule has 0 radical (unpaired) electrons. The van der Waals surface area contributed by atoms with Crippen LogP contribution in [0.5, 0.6) is 0 Å². The van der Waals surface area contributed by atoms with Crippen LogP contribution >= 0.6 is 0 Å². The molecule has 2 fully saturated rings. The van der Waals surface area contributed by atoms with Crippen LogP contribution in [-0.4, -0.2) is 80.6 Å². The number of urea groups is 1. The Kier molecular flexibility index (Phi) is 7.74. The number of rotatable bonds is 6. The van der Waals surface area contributed by atoms with Gasteiger partial charge in [0.2, 0.25) is 0 Å². The molecule has 3 N–H and O–H groups in total. The number of hydrogen-bond donors (Lipinski definition) is 3. The summed E-state index contributed by atoms with van der Waals surface area (Å²) in [5.74, 6) is -0.943. The van der Waals surface area contributed by atoms with Crippen molar-refractivity contribution in [2.24, 2.45) is 0 Å². The summed E-state index contributed by atoms with van der Waals surface area (Å²) in [7, 11) is -4.25. The van der Waals surface area contributed by atoms with Crippen LogP contribution < -0.4 is 5.32 Å². The predicted molar refractivity (Wildman–Crippen MR) is 131 cm³/mol. The fraction of sp³-hybridized carbons (Fsp3) is 0.909. The summed E-state index contributed by atoms with van der Waals surface area (Å²) < 4.78 is 19.3. The van der Waals surface area contributed by atoms with Crippen molar-refractivity contribution in [1.82, 2.24) is 10.2 Å². The van der Waals surface area contributed by atoms with Gasteiger partial charge in [-0.3, -0.25) is 15.0 Å². The van der Waals surface area contributed by atoms with Crippen molar-refractivity contribution in [3.8, 4) is 0 Å². The Balaban J connectivity index is 2.30. The lowest BCUT2D eigenvalue weighted by Gasteiger charge is -2.42. The molecule has 2 saturated heterocycles. The molecule has 11 heteroatoms. The largest absolute Gasteiger partial charge is 0.414 e. The lowest BCUT2D eigenvalue weighted by Crippen LogP contribution is -2.70. The maximum absolute atomic E-state index is 12.6. The molecule has 5 atom stereocenters. The second-order valence-corrected chi connectivity index (χ2v) is 22.1. The van der Waals surface area contributed by atoms with Crippen LogP contribution in [-0.2, 0) is 18.4 Å². The first-order chi connectivity index (χ1) is 14.6. The van der Waals surface area contributed by atoms with Gasteiger partial charge in [0, 0.05) is 6.42 Å². The zero-order valence-electron chi connectivity index (χ0n) is 22.1. The zero-order valence-corrected chi connectivity index (χ0v) is 24.1. The first-order valence-electron chi connectivity index (χ1n) is 11.6. The number of nitrogens with zero attached hydrogens (tertiary/aromatic N) is 1. The third-order valence-corrected chi connectivity index (χ3v) is 16.8. The van der Waals surface area contributed by atoms with E-state index in [2.05, 4.69) is 73.0 Å². The summed E-state index contributed by atoms with van der Waals surface area (Å²) in [4.78, 5) is 25.6. The van der Waals surface area contributed by atoms with Gasteiger partial charge in [-0.15, -0.1) is 0 Å². The average Bonchev–Trinajstić information content (AvgIpc) is 2.98. The van der Waals surface area contributed by atoms with Crippen molar-refractivity contribution in [2.45, 2.75) is 121 Å². The predicted octanol–water partition coefficient (Wildman–Crippen LogP) is 3.13. The molecule has 2 aliphatic rings. The normalized spacial score (nSPS) is 32.3. The number of aliphatic hydroxyl groups is 2. The van der Waals surface area contributed by atoms with Crippen LogP contribution in [0, 0.1) is 0 Å². The summed E-state index contributed by atoms with van der Waals surface area (Å²) in [6, 6.07) is -0.805. The molecule has 0 aliphatic carbocycles. The van der Waals surface area contributed by atoms with Gasteiger partial charge in [-0.1, -0.05) is 41.5 Å². The highest BCUT2D eigenvalue weighted by molar-refractivity contribution is 6.74. The highest BCUT2D eigenvalue weighted by Crippen LogP contribution is 2.42. The number of carbonyl (C=O) groups excluding carboxylic acids is 2. The van der Waals surface area contributed by atoms with Gasteiger partial charge >= 0.3 is 6.03 Å². The average molecular weight is 505 g/mol. The molecule has 2 aliphatic heterocycles. The van der Waals surface area contributed by atoms with Gasteiger partial charge < -0.3 is 23.8 Å². The minimum atomic E-state index is -2.18. The summed E-state index contributed by atoms with van der Waals surface area (Å²) in [6.45, 7) is 23.0. The van der Waals surface area contributed by atoms with E-state index < -0.39 is 52.7 Å². The standard InChI is InChI=1S/C22H44N2O7Si2/c1-20(2,3)32(8,9)29-13-15-14(31-33(10,11)21(4,5)6)12-16(30-15)24-18(26)22(7,28)17(25)23-19(24)27/h14-16,18,26,28H,12-13H2,1-11H3,(H,23,25,27)/t14-,15+,16+,18-,22+/m0/s1. The van der Waals surface area contributed by atoms with Gasteiger partial charge in [0.25, 0.3) is 5.91 Å². The van der Waals surface area contributed by atoms with Crippen LogP contribution in [0.3, 0.4) is 0 Å². The number of hydrogen-bond acceptors (Lipinski definition) is 7. The fourth-order valence-electron chi connectivity index (χ4n) is 3.28. The Morgan fingerprint density at radius 3 is 2.09 bits per heavy atom. The lowest BCUT2D eigenvalue weighted by atomic mass is 10.00. The van der Waals surface area contributed by atoms with Crippen molar-refractivity contribution >= 4 is 28.6 Å². The van der Waals surface area contributed by atoms with Crippen molar-refractivity contribution < 1.29 is 33.4 Å². The van der Waals surface area contributed by atoms with Gasteiger partial charge in [0.1, 0.15) is 12.3 Å². The minimum Gasteiger partial charge on any atom is -0.414 e. The molecule has 192 valence electrons. The van der Waals surface area contributed by atoms with Crippen LogP contribution in [0.4, 0.5) is 4.79 Å². The van der Waals surface area contributed by atoms with E-state index in [1.165, 1.54) is 6.92 Å². The Morgan fingerprint density at radius 1 is 1.09 bits per heavy atom. The van der Waals surface area contributed by atoms with E-state index in [4.69, 9.17) is 13.6 Å². The molecule has 0 unspecified atom stereocenters. The number of imide groups is 1. The monoisotopic (exact) mass is 504 g/mol. The van der Waals surface area contributed by atoms with E-state index in [0.29, 0.717) is 13.0 Å². The van der Waals surface area contributed by atoms with E-state index in [0.717, 1.165) is 4.90 Å². The number of ether oxygens (including phenoxy) is 1. The molecule has 0 bridgehead atoms. The number of aliphatic hydroxyl groups excluding tert-OH is 1.